The Balaban J connectivity index is 1.75. The molecule has 6 nitrogen and oxygen atoms in total. The van der Waals surface area contributed by atoms with Crippen molar-refractivity contribution < 1.29 is 19.0 Å². The van der Waals surface area contributed by atoms with Crippen molar-refractivity contribution in [3.05, 3.63) is 42.1 Å². The Kier molecular flexibility index (Phi) is 3.59. The van der Waals surface area contributed by atoms with E-state index in [1.165, 1.54) is 13.3 Å². The number of fused-ring (bicyclic) bond motifs is 1. The minimum Gasteiger partial charge on any atom is -0.486 e. The van der Waals surface area contributed by atoms with Crippen LogP contribution in [0.3, 0.4) is 0 Å². The Hall–Kier alpha value is -2.76. The molecule has 0 spiro atoms. The fraction of sp³-hybridized carbons (Fsp3) is 0.200. The van der Waals surface area contributed by atoms with Gasteiger partial charge >= 0.3 is 0 Å². The highest BCUT2D eigenvalue weighted by molar-refractivity contribution is 6.04. The predicted molar refractivity (Wildman–Crippen MR) is 76.2 cm³/mol. The van der Waals surface area contributed by atoms with E-state index in [0.29, 0.717) is 41.8 Å². The maximum Gasteiger partial charge on any atom is 0.255 e. The molecule has 0 fully saturated rings. The quantitative estimate of drug-likeness (QED) is 0.935. The zero-order valence-corrected chi connectivity index (χ0v) is 11.5. The molecule has 0 saturated heterocycles. The number of nitrogens with one attached hydrogen (secondary N) is 1. The van der Waals surface area contributed by atoms with Crippen LogP contribution in [0.15, 0.2) is 36.5 Å². The summed E-state index contributed by atoms with van der Waals surface area (Å²) < 4.78 is 15.8. The Morgan fingerprint density at radius 1 is 1.19 bits per heavy atom. The van der Waals surface area contributed by atoms with Gasteiger partial charge in [0.15, 0.2) is 11.5 Å². The van der Waals surface area contributed by atoms with Gasteiger partial charge in [0.25, 0.3) is 5.91 Å². The summed E-state index contributed by atoms with van der Waals surface area (Å²) in [4.78, 5) is 16.2. The highest BCUT2D eigenvalue weighted by Crippen LogP contribution is 2.30. The Bertz CT molecular complexity index is 655. The van der Waals surface area contributed by atoms with Crippen LogP contribution in [0.25, 0.3) is 0 Å². The highest BCUT2D eigenvalue weighted by atomic mass is 16.6. The number of hydrogen-bond donors (Lipinski definition) is 1. The third-order valence-corrected chi connectivity index (χ3v) is 3.01. The average molecular weight is 286 g/mol. The molecule has 2 heterocycles. The van der Waals surface area contributed by atoms with Gasteiger partial charge in [0, 0.05) is 11.6 Å². The second-order valence-corrected chi connectivity index (χ2v) is 4.40. The molecule has 1 aliphatic heterocycles. The van der Waals surface area contributed by atoms with Crippen molar-refractivity contribution >= 4 is 11.6 Å². The molecule has 0 atom stereocenters. The molecule has 1 aromatic heterocycles. The number of nitrogens with zero attached hydrogens (tertiary/aromatic N) is 1. The second-order valence-electron chi connectivity index (χ2n) is 4.40. The summed E-state index contributed by atoms with van der Waals surface area (Å²) in [7, 11) is 1.54. The molecule has 0 saturated carbocycles. The van der Waals surface area contributed by atoms with Gasteiger partial charge in [-0.05, 0) is 24.3 Å². The van der Waals surface area contributed by atoms with E-state index in [-0.39, 0.29) is 5.91 Å². The van der Waals surface area contributed by atoms with Crippen LogP contribution in [0.4, 0.5) is 5.69 Å². The first-order chi connectivity index (χ1) is 10.3. The van der Waals surface area contributed by atoms with E-state index in [2.05, 4.69) is 10.3 Å². The maximum atomic E-state index is 12.2. The minimum atomic E-state index is -0.237. The number of aromatic nitrogens is 1. The predicted octanol–water partition coefficient (Wildman–Crippen LogP) is 2.11. The Morgan fingerprint density at radius 2 is 2.00 bits per heavy atom. The monoisotopic (exact) mass is 286 g/mol. The summed E-state index contributed by atoms with van der Waals surface area (Å²) >= 11 is 0. The summed E-state index contributed by atoms with van der Waals surface area (Å²) in [6, 6.07) is 8.50. The van der Waals surface area contributed by atoms with Gasteiger partial charge in [-0.15, -0.1) is 0 Å². The van der Waals surface area contributed by atoms with E-state index < -0.39 is 0 Å². The maximum absolute atomic E-state index is 12.2. The molecule has 0 bridgehead atoms. The summed E-state index contributed by atoms with van der Waals surface area (Å²) in [5.41, 5.74) is 1.09. The van der Waals surface area contributed by atoms with Crippen molar-refractivity contribution in [1.29, 1.82) is 0 Å². The van der Waals surface area contributed by atoms with Crippen molar-refractivity contribution in [1.82, 2.24) is 4.98 Å². The Morgan fingerprint density at radius 3 is 2.71 bits per heavy atom. The summed E-state index contributed by atoms with van der Waals surface area (Å²) in [6.07, 6.45) is 1.54. The molecular weight excluding hydrogens is 272 g/mol. The van der Waals surface area contributed by atoms with Crippen LogP contribution in [-0.2, 0) is 0 Å². The van der Waals surface area contributed by atoms with E-state index in [0.717, 1.165) is 0 Å². The fourth-order valence-electron chi connectivity index (χ4n) is 1.96. The Labute approximate surface area is 121 Å². The standard InChI is InChI=1S/C15H14N2O4/c1-19-14-5-3-11(9-16-14)17-15(18)10-2-4-12-13(8-10)21-7-6-20-12/h2-5,8-9H,6-7H2,1H3,(H,17,18). The lowest BCUT2D eigenvalue weighted by Gasteiger charge is -2.18. The lowest BCUT2D eigenvalue weighted by molar-refractivity contribution is 0.102. The number of pyridine rings is 1. The van der Waals surface area contributed by atoms with Gasteiger partial charge in [0.2, 0.25) is 5.88 Å². The SMILES string of the molecule is COc1ccc(NC(=O)c2ccc3c(c2)OCCO3)cn1. The van der Waals surface area contributed by atoms with Crippen LogP contribution in [0.2, 0.25) is 0 Å². The van der Waals surface area contributed by atoms with Crippen molar-refractivity contribution in [2.45, 2.75) is 0 Å². The van der Waals surface area contributed by atoms with Crippen LogP contribution < -0.4 is 19.5 Å². The molecule has 0 unspecified atom stereocenters. The van der Waals surface area contributed by atoms with Gasteiger partial charge in [-0.1, -0.05) is 0 Å². The van der Waals surface area contributed by atoms with Crippen LogP contribution in [0, 0.1) is 0 Å². The average Bonchev–Trinajstić information content (AvgIpc) is 2.55. The third-order valence-electron chi connectivity index (χ3n) is 3.01. The van der Waals surface area contributed by atoms with E-state index in [4.69, 9.17) is 14.2 Å². The van der Waals surface area contributed by atoms with E-state index in [1.54, 1.807) is 30.3 Å². The van der Waals surface area contributed by atoms with Crippen molar-refractivity contribution in [3.63, 3.8) is 0 Å². The zero-order valence-electron chi connectivity index (χ0n) is 11.5. The van der Waals surface area contributed by atoms with Crippen molar-refractivity contribution in [2.75, 3.05) is 25.6 Å². The van der Waals surface area contributed by atoms with Gasteiger partial charge in [-0.3, -0.25) is 4.79 Å². The van der Waals surface area contributed by atoms with Crippen LogP contribution in [-0.4, -0.2) is 31.2 Å². The number of rotatable bonds is 3. The molecule has 21 heavy (non-hydrogen) atoms. The molecule has 1 N–H and O–H groups in total. The number of carbonyl (C=O) groups is 1. The number of methoxy groups -OCH3 is 1. The number of ether oxygens (including phenoxy) is 3. The van der Waals surface area contributed by atoms with E-state index in [1.807, 2.05) is 0 Å². The number of carbonyl (C=O) groups excluding carboxylic acids is 1. The van der Waals surface area contributed by atoms with Crippen molar-refractivity contribution in [3.8, 4) is 17.4 Å². The molecule has 1 aliphatic rings. The molecule has 1 amide bonds. The normalized spacial score (nSPS) is 12.6. The second kappa shape index (κ2) is 5.70. The number of amides is 1. The first-order valence-electron chi connectivity index (χ1n) is 6.47. The zero-order chi connectivity index (χ0) is 14.7. The summed E-state index contributed by atoms with van der Waals surface area (Å²) in [6.45, 7) is 1.01. The lowest BCUT2D eigenvalue weighted by atomic mass is 10.2. The van der Waals surface area contributed by atoms with Crippen LogP contribution in [0.5, 0.6) is 17.4 Å². The highest BCUT2D eigenvalue weighted by Gasteiger charge is 2.15. The molecule has 0 radical (unpaired) electrons. The summed E-state index contributed by atoms with van der Waals surface area (Å²) in [5.74, 6) is 1.50. The van der Waals surface area contributed by atoms with Crippen LogP contribution in [0.1, 0.15) is 10.4 Å². The van der Waals surface area contributed by atoms with Crippen LogP contribution >= 0.6 is 0 Å². The molecule has 108 valence electrons. The molecule has 0 aliphatic carbocycles. The van der Waals surface area contributed by atoms with Gasteiger partial charge < -0.3 is 19.5 Å². The molecule has 6 heteroatoms. The van der Waals surface area contributed by atoms with Gasteiger partial charge in [0.1, 0.15) is 13.2 Å². The lowest BCUT2D eigenvalue weighted by Crippen LogP contribution is -2.17. The molecule has 3 rings (SSSR count). The first-order valence-corrected chi connectivity index (χ1v) is 6.47. The largest absolute Gasteiger partial charge is 0.486 e. The molecule has 1 aromatic carbocycles. The smallest absolute Gasteiger partial charge is 0.255 e. The summed E-state index contributed by atoms with van der Waals surface area (Å²) in [5, 5.41) is 2.76. The fourth-order valence-corrected chi connectivity index (χ4v) is 1.96. The van der Waals surface area contributed by atoms with E-state index >= 15 is 0 Å². The van der Waals surface area contributed by atoms with Gasteiger partial charge in [0.05, 0.1) is 19.0 Å². The number of anilines is 1. The first kappa shape index (κ1) is 13.2. The van der Waals surface area contributed by atoms with Gasteiger partial charge in [-0.2, -0.15) is 0 Å². The van der Waals surface area contributed by atoms with Gasteiger partial charge in [-0.25, -0.2) is 4.98 Å². The van der Waals surface area contributed by atoms with E-state index in [9.17, 15) is 4.79 Å². The molecule has 2 aromatic rings. The number of hydrogen-bond acceptors (Lipinski definition) is 5. The number of benzene rings is 1. The topological polar surface area (TPSA) is 69.7 Å². The third kappa shape index (κ3) is 2.89. The molecular formula is C15H14N2O4. The van der Waals surface area contributed by atoms with Crippen molar-refractivity contribution in [2.24, 2.45) is 0 Å². The minimum absolute atomic E-state index is 0.237.